The van der Waals surface area contributed by atoms with Crippen LogP contribution in [0.2, 0.25) is 0 Å². The van der Waals surface area contributed by atoms with Gasteiger partial charge in [0.05, 0.1) is 17.8 Å². The number of anilines is 1. The fourth-order valence-electron chi connectivity index (χ4n) is 4.04. The van der Waals surface area contributed by atoms with Gasteiger partial charge in [0.2, 0.25) is 0 Å². The Morgan fingerprint density at radius 3 is 2.40 bits per heavy atom. The summed E-state index contributed by atoms with van der Waals surface area (Å²) in [5.41, 5.74) is 7.52. The molecule has 11 heteroatoms. The Labute approximate surface area is 195 Å². The van der Waals surface area contributed by atoms with Gasteiger partial charge in [-0.2, -0.15) is 0 Å². The zero-order chi connectivity index (χ0) is 24.9. The number of aromatic carboxylic acids is 1. The minimum Gasteiger partial charge on any atom is -0.478 e. The lowest BCUT2D eigenvalue weighted by atomic mass is 10.0. The number of halogens is 2. The molecule has 0 spiro atoms. The maximum absolute atomic E-state index is 13.8. The number of aromatic nitrogens is 3. The lowest BCUT2D eigenvalue weighted by molar-refractivity contribution is 0.0697. The van der Waals surface area contributed by atoms with Crippen molar-refractivity contribution < 1.29 is 28.3 Å². The Bertz CT molecular complexity index is 1550. The number of nitrogens with one attached hydrogen (secondary N) is 1. The van der Waals surface area contributed by atoms with E-state index in [9.17, 15) is 28.3 Å². The van der Waals surface area contributed by atoms with E-state index >= 15 is 0 Å². The zero-order valence-corrected chi connectivity index (χ0v) is 17.8. The number of H-pyrrole nitrogens is 1. The summed E-state index contributed by atoms with van der Waals surface area (Å²) in [5.74, 6) is -4.56. The highest BCUT2D eigenvalue weighted by Gasteiger charge is 2.32. The van der Waals surface area contributed by atoms with E-state index in [2.05, 4.69) is 15.4 Å². The average molecular weight is 475 g/mol. The number of carboxylic acid groups (broad SMARTS) is 1. The second-order valence-electron chi connectivity index (χ2n) is 7.83. The summed E-state index contributed by atoms with van der Waals surface area (Å²) in [6, 6.07) is 12.4. The van der Waals surface area contributed by atoms with Crippen LogP contribution in [0.4, 0.5) is 14.5 Å². The molecule has 174 valence electrons. The minimum atomic E-state index is -1.25. The van der Waals surface area contributed by atoms with Crippen LogP contribution in [0.15, 0.2) is 54.6 Å². The molecule has 0 saturated heterocycles. The molecule has 9 nitrogen and oxygen atoms in total. The molecule has 35 heavy (non-hydrogen) atoms. The first-order valence-electron chi connectivity index (χ1n) is 10.2. The van der Waals surface area contributed by atoms with E-state index < -0.39 is 29.4 Å². The molecule has 0 unspecified atom stereocenters. The summed E-state index contributed by atoms with van der Waals surface area (Å²) in [7, 11) is 0. The Morgan fingerprint density at radius 1 is 0.971 bits per heavy atom. The topological polar surface area (TPSA) is 142 Å². The molecule has 2 heterocycles. The van der Waals surface area contributed by atoms with Crippen molar-refractivity contribution in [1.29, 1.82) is 0 Å². The van der Waals surface area contributed by atoms with Gasteiger partial charge in [-0.1, -0.05) is 29.5 Å². The number of rotatable bonds is 5. The molecule has 0 aliphatic carbocycles. The van der Waals surface area contributed by atoms with Crippen LogP contribution in [0.5, 0.6) is 0 Å². The lowest BCUT2D eigenvalue weighted by Crippen LogP contribution is -2.25. The van der Waals surface area contributed by atoms with Crippen molar-refractivity contribution in [2.24, 2.45) is 5.73 Å². The smallest absolute Gasteiger partial charge is 0.337 e. The number of hydrogen-bond acceptors (Lipinski definition) is 5. The molecular weight excluding hydrogens is 460 g/mol. The molecule has 4 aromatic rings. The Morgan fingerprint density at radius 2 is 1.69 bits per heavy atom. The van der Waals surface area contributed by atoms with Crippen molar-refractivity contribution in [1.82, 2.24) is 15.4 Å². The number of nitrogens with two attached hydrogens (primary N) is 1. The number of amides is 2. The zero-order valence-electron chi connectivity index (χ0n) is 17.8. The predicted molar refractivity (Wildman–Crippen MR) is 120 cm³/mol. The van der Waals surface area contributed by atoms with Crippen LogP contribution in [0.1, 0.15) is 36.8 Å². The highest BCUT2D eigenvalue weighted by Crippen LogP contribution is 2.36. The summed E-state index contributed by atoms with van der Waals surface area (Å²) in [4.78, 5) is 38.2. The molecule has 2 amide bonds. The van der Waals surface area contributed by atoms with E-state index in [-0.39, 0.29) is 34.7 Å². The second-order valence-corrected chi connectivity index (χ2v) is 7.83. The number of carboxylic acids is 1. The fraction of sp³-hybridized carbons (Fsp3) is 0.0417. The highest BCUT2D eigenvalue weighted by molar-refractivity contribution is 6.13. The highest BCUT2D eigenvalue weighted by atomic mass is 19.2. The van der Waals surface area contributed by atoms with Crippen LogP contribution in [0.3, 0.4) is 0 Å². The van der Waals surface area contributed by atoms with E-state index in [1.54, 1.807) is 12.1 Å². The molecule has 0 radical (unpaired) electrons. The number of benzene rings is 3. The van der Waals surface area contributed by atoms with Crippen LogP contribution in [0, 0.1) is 11.6 Å². The number of nitrogens with zero attached hydrogens (tertiary/aromatic N) is 3. The number of carbonyl (C=O) groups excluding carboxylic acids is 2. The maximum atomic E-state index is 13.8. The summed E-state index contributed by atoms with van der Waals surface area (Å²) in [5, 5.41) is 19.6. The molecular formula is C24H15F2N5O4. The molecule has 0 saturated carbocycles. The van der Waals surface area contributed by atoms with Gasteiger partial charge in [0.15, 0.2) is 17.3 Å². The third kappa shape index (κ3) is 3.68. The Kier molecular flexibility index (Phi) is 5.09. The number of hydrogen-bond donors (Lipinski definition) is 3. The standard InChI is InChI=1S/C24H15F2N5O4/c25-17-6-4-11(8-18(17)26)12-3-5-15(24(34)35)19(9-12)31-10-14-2-1-13(7-16(14)23(31)33)20-21(22(27)32)29-30-28-20/h1-9H,10H2,(H2,27,32)(H,34,35)(H,28,29,30). The number of fused-ring (bicyclic) bond motifs is 1. The van der Waals surface area contributed by atoms with Crippen LogP contribution >= 0.6 is 0 Å². The summed E-state index contributed by atoms with van der Waals surface area (Å²) >= 11 is 0. The molecule has 0 fully saturated rings. The summed E-state index contributed by atoms with van der Waals surface area (Å²) < 4.78 is 27.1. The van der Waals surface area contributed by atoms with E-state index in [1.165, 1.54) is 35.2 Å². The van der Waals surface area contributed by atoms with E-state index in [1.807, 2.05) is 0 Å². The number of primary amides is 1. The molecule has 1 aromatic heterocycles. The molecule has 1 aliphatic rings. The van der Waals surface area contributed by atoms with Crippen molar-refractivity contribution in [2.75, 3.05) is 4.90 Å². The third-order valence-corrected chi connectivity index (χ3v) is 5.75. The Hall–Kier alpha value is -4.93. The van der Waals surface area contributed by atoms with Gasteiger partial charge in [-0.3, -0.25) is 14.7 Å². The van der Waals surface area contributed by atoms with Crippen molar-refractivity contribution in [3.63, 3.8) is 0 Å². The van der Waals surface area contributed by atoms with Gasteiger partial charge in [0.25, 0.3) is 11.8 Å². The number of aromatic amines is 1. The summed E-state index contributed by atoms with van der Waals surface area (Å²) in [6.07, 6.45) is 0. The van der Waals surface area contributed by atoms with E-state index in [0.717, 1.165) is 12.1 Å². The second kappa shape index (κ2) is 8.13. The SMILES string of the molecule is NC(=O)c1[nH]nnc1-c1ccc2c(c1)C(=O)N(c1cc(-c3ccc(F)c(F)c3)ccc1C(=O)O)C2. The van der Waals surface area contributed by atoms with Crippen molar-refractivity contribution in [3.05, 3.63) is 88.6 Å². The minimum absolute atomic E-state index is 0.0142. The Balaban J connectivity index is 1.56. The van der Waals surface area contributed by atoms with Gasteiger partial charge >= 0.3 is 5.97 Å². The third-order valence-electron chi connectivity index (χ3n) is 5.75. The van der Waals surface area contributed by atoms with Crippen LogP contribution in [-0.2, 0) is 6.54 Å². The largest absolute Gasteiger partial charge is 0.478 e. The van der Waals surface area contributed by atoms with E-state index in [0.29, 0.717) is 22.3 Å². The van der Waals surface area contributed by atoms with Crippen LogP contribution in [-0.4, -0.2) is 38.3 Å². The molecule has 1 aliphatic heterocycles. The number of carbonyl (C=O) groups is 3. The quantitative estimate of drug-likeness (QED) is 0.404. The van der Waals surface area contributed by atoms with Gasteiger partial charge in [-0.15, -0.1) is 5.10 Å². The summed E-state index contributed by atoms with van der Waals surface area (Å²) in [6.45, 7) is 0.0808. The van der Waals surface area contributed by atoms with E-state index in [4.69, 9.17) is 5.73 Å². The molecule has 0 bridgehead atoms. The molecule has 0 atom stereocenters. The lowest BCUT2D eigenvalue weighted by Gasteiger charge is -2.19. The average Bonchev–Trinajstić information content (AvgIpc) is 3.45. The van der Waals surface area contributed by atoms with Gasteiger partial charge in [0, 0.05) is 11.1 Å². The molecule has 3 aromatic carbocycles. The first-order chi connectivity index (χ1) is 16.7. The van der Waals surface area contributed by atoms with Gasteiger partial charge < -0.3 is 15.7 Å². The maximum Gasteiger partial charge on any atom is 0.337 e. The van der Waals surface area contributed by atoms with Crippen LogP contribution in [0.25, 0.3) is 22.4 Å². The molecule has 5 rings (SSSR count). The van der Waals surface area contributed by atoms with Gasteiger partial charge in [-0.05, 0) is 47.0 Å². The first-order valence-corrected chi connectivity index (χ1v) is 10.2. The first kappa shape index (κ1) is 21.9. The van der Waals surface area contributed by atoms with Gasteiger partial charge in [-0.25, -0.2) is 13.6 Å². The monoisotopic (exact) mass is 475 g/mol. The normalized spacial score (nSPS) is 12.6. The fourth-order valence-corrected chi connectivity index (χ4v) is 4.04. The predicted octanol–water partition coefficient (Wildman–Crippen LogP) is 3.37. The van der Waals surface area contributed by atoms with Crippen molar-refractivity contribution in [2.45, 2.75) is 6.54 Å². The van der Waals surface area contributed by atoms with Crippen molar-refractivity contribution in [3.8, 4) is 22.4 Å². The van der Waals surface area contributed by atoms with Gasteiger partial charge in [0.1, 0.15) is 5.69 Å². The molecule has 4 N–H and O–H groups in total. The van der Waals surface area contributed by atoms with Crippen molar-refractivity contribution >= 4 is 23.5 Å². The van der Waals surface area contributed by atoms with Crippen LogP contribution < -0.4 is 10.6 Å².